The summed E-state index contributed by atoms with van der Waals surface area (Å²) in [6.07, 6.45) is 5.32. The molecule has 0 saturated heterocycles. The third-order valence-corrected chi connectivity index (χ3v) is 4.49. The number of hydrogen-bond donors (Lipinski definition) is 1. The van der Waals surface area contributed by atoms with Crippen molar-refractivity contribution in [3.05, 3.63) is 51.9 Å². The van der Waals surface area contributed by atoms with Crippen LogP contribution in [0, 0.1) is 6.92 Å². The summed E-state index contributed by atoms with van der Waals surface area (Å²) in [7, 11) is 0. The molecule has 0 amide bonds. The van der Waals surface area contributed by atoms with Gasteiger partial charge in [-0.25, -0.2) is 4.79 Å². The van der Waals surface area contributed by atoms with Crippen molar-refractivity contribution in [1.82, 2.24) is 0 Å². The van der Waals surface area contributed by atoms with Crippen molar-refractivity contribution in [3.63, 3.8) is 0 Å². The first-order valence-electron chi connectivity index (χ1n) is 8.30. The molecule has 1 N–H and O–H groups in total. The minimum Gasteiger partial charge on any atom is -0.507 e. The number of fused-ring (bicyclic) bond motifs is 3. The fourth-order valence-electron chi connectivity index (χ4n) is 3.23. The Hall–Kier alpha value is -2.29. The molecule has 0 saturated carbocycles. The van der Waals surface area contributed by atoms with E-state index in [4.69, 9.17) is 4.42 Å². The van der Waals surface area contributed by atoms with E-state index in [1.165, 1.54) is 12.8 Å². The van der Waals surface area contributed by atoms with E-state index in [0.29, 0.717) is 11.0 Å². The number of rotatable bonds is 5. The van der Waals surface area contributed by atoms with Crippen LogP contribution in [-0.4, -0.2) is 5.11 Å². The number of para-hydroxylation sites is 1. The highest BCUT2D eigenvalue weighted by molar-refractivity contribution is 6.07. The first-order chi connectivity index (χ1) is 11.1. The number of phenolic OH excluding ortho intramolecular Hbond substituents is 1. The van der Waals surface area contributed by atoms with Crippen molar-refractivity contribution in [3.8, 4) is 5.75 Å². The first-order valence-corrected chi connectivity index (χ1v) is 8.30. The fourth-order valence-corrected chi connectivity index (χ4v) is 3.23. The molecule has 120 valence electrons. The molecule has 0 aliphatic heterocycles. The monoisotopic (exact) mass is 310 g/mol. The molecular weight excluding hydrogens is 288 g/mol. The van der Waals surface area contributed by atoms with Crippen molar-refractivity contribution < 1.29 is 9.52 Å². The van der Waals surface area contributed by atoms with Gasteiger partial charge in [0.15, 0.2) is 0 Å². The van der Waals surface area contributed by atoms with E-state index in [9.17, 15) is 9.90 Å². The molecule has 3 aromatic rings. The van der Waals surface area contributed by atoms with Gasteiger partial charge in [-0.15, -0.1) is 0 Å². The van der Waals surface area contributed by atoms with E-state index in [1.54, 1.807) is 6.07 Å². The van der Waals surface area contributed by atoms with Gasteiger partial charge in [0.2, 0.25) is 0 Å². The van der Waals surface area contributed by atoms with Gasteiger partial charge in [-0.05, 0) is 43.0 Å². The highest BCUT2D eigenvalue weighted by atomic mass is 16.4. The van der Waals surface area contributed by atoms with Crippen LogP contribution in [0.4, 0.5) is 0 Å². The maximum atomic E-state index is 12.3. The smallest absolute Gasteiger partial charge is 0.347 e. The van der Waals surface area contributed by atoms with Crippen LogP contribution in [0.2, 0.25) is 0 Å². The van der Waals surface area contributed by atoms with Gasteiger partial charge in [-0.3, -0.25) is 0 Å². The Morgan fingerprint density at radius 2 is 1.87 bits per heavy atom. The van der Waals surface area contributed by atoms with Gasteiger partial charge in [-0.2, -0.15) is 0 Å². The molecule has 3 nitrogen and oxygen atoms in total. The average molecular weight is 310 g/mol. The minimum absolute atomic E-state index is 0.0935. The van der Waals surface area contributed by atoms with E-state index >= 15 is 0 Å². The molecule has 3 rings (SSSR count). The summed E-state index contributed by atoms with van der Waals surface area (Å²) in [6.45, 7) is 4.17. The van der Waals surface area contributed by atoms with Crippen LogP contribution in [0.25, 0.3) is 21.7 Å². The van der Waals surface area contributed by atoms with Crippen LogP contribution >= 0.6 is 0 Å². The molecule has 0 atom stereocenters. The Kier molecular flexibility index (Phi) is 4.37. The first kappa shape index (κ1) is 15.6. The molecule has 0 radical (unpaired) electrons. The molecule has 3 heteroatoms. The molecule has 0 unspecified atom stereocenters. The molecule has 0 fully saturated rings. The molecule has 2 aromatic carbocycles. The number of hydrogen-bond acceptors (Lipinski definition) is 3. The van der Waals surface area contributed by atoms with Crippen molar-refractivity contribution in [2.24, 2.45) is 0 Å². The zero-order valence-corrected chi connectivity index (χ0v) is 13.7. The third-order valence-electron chi connectivity index (χ3n) is 4.49. The zero-order chi connectivity index (χ0) is 16.4. The van der Waals surface area contributed by atoms with E-state index < -0.39 is 5.63 Å². The quantitative estimate of drug-likeness (QED) is 0.406. The van der Waals surface area contributed by atoms with Crippen molar-refractivity contribution in [2.45, 2.75) is 46.0 Å². The molecule has 0 bridgehead atoms. The summed E-state index contributed by atoms with van der Waals surface area (Å²) in [6, 6.07) is 9.45. The van der Waals surface area contributed by atoms with Crippen molar-refractivity contribution in [1.29, 1.82) is 0 Å². The normalized spacial score (nSPS) is 11.4. The van der Waals surface area contributed by atoms with Gasteiger partial charge in [-0.1, -0.05) is 44.4 Å². The van der Waals surface area contributed by atoms with Gasteiger partial charge < -0.3 is 9.52 Å². The van der Waals surface area contributed by atoms with E-state index in [2.05, 4.69) is 6.92 Å². The van der Waals surface area contributed by atoms with Crippen LogP contribution in [0.5, 0.6) is 5.75 Å². The average Bonchev–Trinajstić information content (AvgIpc) is 2.53. The standard InChI is InChI=1S/C20H22O3/c1-3-4-5-6-9-14-13(2)12-16-15-10-7-8-11-17(15)23-20(22)18(16)19(14)21/h7-8,10-12,21H,3-6,9H2,1-2H3. The summed E-state index contributed by atoms with van der Waals surface area (Å²) >= 11 is 0. The number of unbranched alkanes of at least 4 members (excludes halogenated alkanes) is 3. The second-order valence-electron chi connectivity index (χ2n) is 6.14. The zero-order valence-electron chi connectivity index (χ0n) is 13.7. The van der Waals surface area contributed by atoms with Crippen LogP contribution in [-0.2, 0) is 6.42 Å². The number of benzene rings is 2. The van der Waals surface area contributed by atoms with Crippen molar-refractivity contribution >= 4 is 21.7 Å². The lowest BCUT2D eigenvalue weighted by Crippen LogP contribution is -2.03. The Labute approximate surface area is 135 Å². The predicted octanol–water partition coefficient (Wildman–Crippen LogP) is 5.08. The third kappa shape index (κ3) is 2.83. The lowest BCUT2D eigenvalue weighted by molar-refractivity contribution is 0.468. The fraction of sp³-hybridized carbons (Fsp3) is 0.350. The second-order valence-corrected chi connectivity index (χ2v) is 6.14. The number of aromatic hydroxyl groups is 1. The number of aryl methyl sites for hydroxylation is 1. The Morgan fingerprint density at radius 1 is 1.09 bits per heavy atom. The number of phenols is 1. The van der Waals surface area contributed by atoms with Crippen molar-refractivity contribution in [2.75, 3.05) is 0 Å². The Balaban J connectivity index is 2.17. The Morgan fingerprint density at radius 3 is 2.65 bits per heavy atom. The SMILES string of the molecule is CCCCCCc1c(C)cc2c(c1O)c(=O)oc1ccccc12. The molecule has 0 aliphatic rings. The molecule has 1 heterocycles. The van der Waals surface area contributed by atoms with E-state index in [-0.39, 0.29) is 5.75 Å². The molecular formula is C20H22O3. The minimum atomic E-state index is -0.467. The summed E-state index contributed by atoms with van der Waals surface area (Å²) in [5, 5.41) is 12.6. The molecule has 0 aliphatic carbocycles. The molecule has 23 heavy (non-hydrogen) atoms. The molecule has 1 aromatic heterocycles. The summed E-state index contributed by atoms with van der Waals surface area (Å²) in [5.41, 5.74) is 1.99. The lowest BCUT2D eigenvalue weighted by Gasteiger charge is -2.12. The topological polar surface area (TPSA) is 50.4 Å². The van der Waals surface area contributed by atoms with Crippen LogP contribution in [0.3, 0.4) is 0 Å². The maximum Gasteiger partial charge on any atom is 0.347 e. The van der Waals surface area contributed by atoms with Gasteiger partial charge in [0, 0.05) is 10.8 Å². The summed E-state index contributed by atoms with van der Waals surface area (Å²) in [5.74, 6) is 0.0935. The van der Waals surface area contributed by atoms with Gasteiger partial charge >= 0.3 is 5.63 Å². The second kappa shape index (κ2) is 6.45. The van der Waals surface area contributed by atoms with E-state index in [0.717, 1.165) is 41.2 Å². The highest BCUT2D eigenvalue weighted by Gasteiger charge is 2.16. The van der Waals surface area contributed by atoms with Crippen LogP contribution < -0.4 is 5.63 Å². The summed E-state index contributed by atoms with van der Waals surface area (Å²) < 4.78 is 5.38. The van der Waals surface area contributed by atoms with Crippen LogP contribution in [0.15, 0.2) is 39.5 Å². The van der Waals surface area contributed by atoms with E-state index in [1.807, 2.05) is 31.2 Å². The Bertz CT molecular complexity index is 906. The van der Waals surface area contributed by atoms with Gasteiger partial charge in [0.25, 0.3) is 0 Å². The maximum absolute atomic E-state index is 12.3. The molecule has 0 spiro atoms. The largest absolute Gasteiger partial charge is 0.507 e. The summed E-state index contributed by atoms with van der Waals surface area (Å²) in [4.78, 5) is 12.3. The lowest BCUT2D eigenvalue weighted by atomic mass is 9.95. The predicted molar refractivity (Wildman–Crippen MR) is 94.2 cm³/mol. The van der Waals surface area contributed by atoms with Gasteiger partial charge in [0.1, 0.15) is 16.7 Å². The highest BCUT2D eigenvalue weighted by Crippen LogP contribution is 2.34. The van der Waals surface area contributed by atoms with Crippen LogP contribution in [0.1, 0.15) is 43.7 Å². The van der Waals surface area contributed by atoms with Gasteiger partial charge in [0.05, 0.1) is 0 Å².